The number of nitrogens with one attached hydrogen (secondary N) is 1. The Morgan fingerprint density at radius 1 is 0.656 bits per heavy atom. The summed E-state index contributed by atoms with van der Waals surface area (Å²) in [5.41, 5.74) is -2.41. The normalized spacial score (nSPS) is 14.7. The van der Waals surface area contributed by atoms with Gasteiger partial charge in [0.25, 0.3) is 0 Å². The van der Waals surface area contributed by atoms with Crippen LogP contribution in [0.25, 0.3) is 0 Å². The summed E-state index contributed by atoms with van der Waals surface area (Å²) in [6, 6.07) is 7.89. The summed E-state index contributed by atoms with van der Waals surface area (Å²) in [7, 11) is 0. The molecule has 2 aromatic carbocycles. The molecule has 4 nitrogen and oxygen atoms in total. The monoisotopic (exact) mass is 469 g/mol. The Kier molecular flexibility index (Phi) is 5.14. The predicted molar refractivity (Wildman–Crippen MR) is 89.3 cm³/mol. The molecule has 0 aliphatic heterocycles. The van der Waals surface area contributed by atoms with Crippen molar-refractivity contribution in [1.29, 1.82) is 0 Å². The number of ketones is 2. The first kappa shape index (κ1) is 23.3. The molecule has 1 aliphatic rings. The van der Waals surface area contributed by atoms with Crippen molar-refractivity contribution in [2.24, 2.45) is 0 Å². The van der Waals surface area contributed by atoms with Crippen LogP contribution in [0, 0.1) is 0 Å². The lowest BCUT2D eigenvalue weighted by Gasteiger charge is -2.32. The van der Waals surface area contributed by atoms with E-state index in [1.807, 2.05) is 0 Å². The van der Waals surface area contributed by atoms with Crippen molar-refractivity contribution in [3.05, 3.63) is 64.7 Å². The predicted octanol–water partition coefficient (Wildman–Crippen LogP) is 4.87. The highest BCUT2D eigenvalue weighted by molar-refractivity contribution is 6.30. The highest BCUT2D eigenvalue weighted by atomic mass is 19.4. The second-order valence-electron chi connectivity index (χ2n) is 6.61. The summed E-state index contributed by atoms with van der Waals surface area (Å²) < 4.78 is 117. The van der Waals surface area contributed by atoms with Gasteiger partial charge in [0.2, 0.25) is 0 Å². The van der Waals surface area contributed by atoms with Crippen molar-refractivity contribution in [1.82, 2.24) is 0 Å². The summed E-state index contributed by atoms with van der Waals surface area (Å²) in [6.45, 7) is 0. The van der Waals surface area contributed by atoms with Crippen LogP contribution >= 0.6 is 0 Å². The first-order chi connectivity index (χ1) is 14.6. The minimum absolute atomic E-state index is 0.0878. The minimum Gasteiger partial charge on any atom is -0.320 e. The summed E-state index contributed by atoms with van der Waals surface area (Å²) in [4.78, 5) is 37.0. The van der Waals surface area contributed by atoms with E-state index < -0.39 is 58.2 Å². The van der Waals surface area contributed by atoms with Crippen molar-refractivity contribution in [3.8, 4) is 0 Å². The van der Waals surface area contributed by atoms with E-state index in [9.17, 15) is 53.9 Å². The third kappa shape index (κ3) is 3.14. The van der Waals surface area contributed by atoms with Gasteiger partial charge in [0, 0.05) is 16.7 Å². The molecule has 0 spiro atoms. The molecule has 2 aromatic rings. The molecule has 32 heavy (non-hydrogen) atoms. The largest absolute Gasteiger partial charge is 0.460 e. The number of fused-ring (bicyclic) bond motifs is 2. The van der Waals surface area contributed by atoms with Gasteiger partial charge in [-0.05, 0) is 6.07 Å². The quantitative estimate of drug-likeness (QED) is 0.555. The van der Waals surface area contributed by atoms with Crippen LogP contribution in [-0.2, 0) is 4.79 Å². The summed E-state index contributed by atoms with van der Waals surface area (Å²) in [5.74, 6) is -26.0. The Bertz CT molecular complexity index is 1140. The van der Waals surface area contributed by atoms with Gasteiger partial charge in [-0.3, -0.25) is 14.4 Å². The average Bonchev–Trinajstić information content (AvgIpc) is 2.70. The van der Waals surface area contributed by atoms with Crippen LogP contribution in [-0.4, -0.2) is 41.4 Å². The van der Waals surface area contributed by atoms with Crippen LogP contribution in [0.3, 0.4) is 0 Å². The smallest absolute Gasteiger partial charge is 0.320 e. The summed E-state index contributed by atoms with van der Waals surface area (Å²) in [6.07, 6.45) is -7.10. The maximum absolute atomic E-state index is 13.9. The lowest BCUT2D eigenvalue weighted by atomic mass is 9.83. The Labute approximate surface area is 172 Å². The van der Waals surface area contributed by atoms with E-state index in [1.54, 1.807) is 0 Å². The van der Waals surface area contributed by atoms with E-state index in [2.05, 4.69) is 0 Å². The van der Waals surface area contributed by atoms with E-state index in [0.29, 0.717) is 6.07 Å². The van der Waals surface area contributed by atoms with Crippen molar-refractivity contribution >= 4 is 23.2 Å². The second kappa shape index (κ2) is 7.07. The zero-order valence-electron chi connectivity index (χ0n) is 15.2. The summed E-state index contributed by atoms with van der Waals surface area (Å²) >= 11 is 0. The highest BCUT2D eigenvalue weighted by Gasteiger charge is 2.83. The maximum Gasteiger partial charge on any atom is 0.460 e. The van der Waals surface area contributed by atoms with Crippen LogP contribution in [0.4, 0.5) is 45.2 Å². The van der Waals surface area contributed by atoms with Gasteiger partial charge in [-0.1, -0.05) is 36.4 Å². The van der Waals surface area contributed by atoms with Gasteiger partial charge in [0.15, 0.2) is 11.6 Å². The average molecular weight is 469 g/mol. The molecule has 0 unspecified atom stereocenters. The molecule has 0 atom stereocenters. The number of benzene rings is 2. The molecule has 1 aliphatic carbocycles. The first-order valence-electron chi connectivity index (χ1n) is 8.38. The fraction of sp³-hybridized carbons (Fsp3) is 0.211. The number of anilines is 1. The standard InChI is InChI=1S/C19H8F9NO3/c20-16(21,17(22,23)18(24,25)19(26,27)28)15(32)29-11-7-3-6-10-12(11)14(31)9-5-2-1-4-8(9)13(10)30/h1-7H,(H,29,32). The minimum atomic E-state index is -7.26. The molecule has 0 saturated carbocycles. The zero-order chi connectivity index (χ0) is 24.3. The third-order valence-corrected chi connectivity index (χ3v) is 4.63. The molecular weight excluding hydrogens is 461 g/mol. The van der Waals surface area contributed by atoms with Crippen LogP contribution < -0.4 is 5.32 Å². The number of hydrogen-bond donors (Lipinski definition) is 1. The van der Waals surface area contributed by atoms with Crippen LogP contribution in [0.15, 0.2) is 42.5 Å². The summed E-state index contributed by atoms with van der Waals surface area (Å²) in [5, 5.41) is 1.08. The van der Waals surface area contributed by atoms with Gasteiger partial charge >= 0.3 is 29.9 Å². The molecule has 0 fully saturated rings. The molecule has 13 heteroatoms. The highest BCUT2D eigenvalue weighted by Crippen LogP contribution is 2.53. The number of halogens is 9. The van der Waals surface area contributed by atoms with E-state index >= 15 is 0 Å². The van der Waals surface area contributed by atoms with E-state index in [1.165, 1.54) is 24.3 Å². The zero-order valence-corrected chi connectivity index (χ0v) is 15.2. The fourth-order valence-electron chi connectivity index (χ4n) is 2.97. The molecule has 1 amide bonds. The number of carbonyl (C=O) groups is 3. The van der Waals surface area contributed by atoms with Crippen LogP contribution in [0.2, 0.25) is 0 Å². The van der Waals surface area contributed by atoms with E-state index in [4.69, 9.17) is 0 Å². The van der Waals surface area contributed by atoms with Crippen molar-refractivity contribution in [2.75, 3.05) is 5.32 Å². The molecule has 0 aromatic heterocycles. The topological polar surface area (TPSA) is 63.2 Å². The van der Waals surface area contributed by atoms with Gasteiger partial charge < -0.3 is 5.32 Å². The lowest BCUT2D eigenvalue weighted by Crippen LogP contribution is -2.64. The van der Waals surface area contributed by atoms with Gasteiger partial charge in [-0.15, -0.1) is 0 Å². The van der Waals surface area contributed by atoms with Gasteiger partial charge in [-0.25, -0.2) is 0 Å². The second-order valence-corrected chi connectivity index (χ2v) is 6.61. The van der Waals surface area contributed by atoms with Crippen molar-refractivity contribution in [2.45, 2.75) is 23.9 Å². The van der Waals surface area contributed by atoms with Crippen molar-refractivity contribution in [3.63, 3.8) is 0 Å². The van der Waals surface area contributed by atoms with E-state index in [-0.39, 0.29) is 11.1 Å². The van der Waals surface area contributed by atoms with E-state index in [0.717, 1.165) is 17.4 Å². The van der Waals surface area contributed by atoms with Gasteiger partial charge in [-0.2, -0.15) is 39.5 Å². The molecule has 0 bridgehead atoms. The van der Waals surface area contributed by atoms with Gasteiger partial charge in [0.1, 0.15) is 0 Å². The van der Waals surface area contributed by atoms with Crippen LogP contribution in [0.1, 0.15) is 31.8 Å². The Hall–Kier alpha value is -3.38. The Morgan fingerprint density at radius 2 is 1.16 bits per heavy atom. The van der Waals surface area contributed by atoms with Crippen molar-refractivity contribution < 1.29 is 53.9 Å². The number of alkyl halides is 9. The maximum atomic E-state index is 13.9. The molecule has 0 heterocycles. The molecule has 0 saturated heterocycles. The number of carbonyl (C=O) groups excluding carboxylic acids is 3. The number of rotatable bonds is 4. The molecule has 3 rings (SSSR count). The Balaban J connectivity index is 2.03. The number of hydrogen-bond acceptors (Lipinski definition) is 3. The lowest BCUT2D eigenvalue weighted by molar-refractivity contribution is -0.388. The molecule has 170 valence electrons. The molecule has 1 N–H and O–H groups in total. The van der Waals surface area contributed by atoms with Gasteiger partial charge in [0.05, 0.1) is 11.3 Å². The molecule has 0 radical (unpaired) electrons. The molecular formula is C19H8F9NO3. The number of amides is 1. The fourth-order valence-corrected chi connectivity index (χ4v) is 2.97. The van der Waals surface area contributed by atoms with Crippen LogP contribution in [0.5, 0.6) is 0 Å². The first-order valence-corrected chi connectivity index (χ1v) is 8.38. The SMILES string of the molecule is O=C1c2ccccc2C(=O)c2c(NC(=O)C(F)(F)C(F)(F)C(F)(F)C(F)(F)F)cccc21. The third-order valence-electron chi connectivity index (χ3n) is 4.63. The Morgan fingerprint density at radius 3 is 1.69 bits per heavy atom.